The smallest absolute Gasteiger partial charge is 0.262 e. The maximum absolute atomic E-state index is 12.1. The number of halogens is 1. The van der Waals surface area contributed by atoms with Gasteiger partial charge in [0.25, 0.3) is 5.91 Å². The molecule has 2 aromatic rings. The van der Waals surface area contributed by atoms with E-state index >= 15 is 0 Å². The lowest BCUT2D eigenvalue weighted by Gasteiger charge is -2.22. The quantitative estimate of drug-likeness (QED) is 0.859. The molecular formula is C19H22ClNO2. The molecule has 2 aromatic carbocycles. The third-order valence-corrected chi connectivity index (χ3v) is 3.92. The molecule has 2 rings (SSSR count). The Morgan fingerprint density at radius 2 is 1.87 bits per heavy atom. The molecule has 1 N–H and O–H groups in total. The lowest BCUT2D eigenvalue weighted by atomic mass is 9.86. The second kappa shape index (κ2) is 7.05. The predicted molar refractivity (Wildman–Crippen MR) is 95.5 cm³/mol. The van der Waals surface area contributed by atoms with Gasteiger partial charge in [-0.2, -0.15) is 0 Å². The lowest BCUT2D eigenvalue weighted by molar-refractivity contribution is -0.118. The molecule has 0 bridgehead atoms. The normalized spacial score (nSPS) is 11.2. The molecule has 0 saturated heterocycles. The average Bonchev–Trinajstić information content (AvgIpc) is 2.48. The Hall–Kier alpha value is -2.00. The molecule has 0 spiro atoms. The summed E-state index contributed by atoms with van der Waals surface area (Å²) >= 11 is 6.06. The van der Waals surface area contributed by atoms with E-state index in [0.717, 1.165) is 16.9 Å². The summed E-state index contributed by atoms with van der Waals surface area (Å²) in [5.41, 5.74) is 2.67. The Morgan fingerprint density at radius 1 is 1.17 bits per heavy atom. The van der Waals surface area contributed by atoms with Crippen molar-refractivity contribution in [3.8, 4) is 5.75 Å². The second-order valence-electron chi connectivity index (χ2n) is 6.55. The first-order valence-electron chi connectivity index (χ1n) is 7.55. The van der Waals surface area contributed by atoms with Crippen LogP contribution in [-0.2, 0) is 10.2 Å². The first-order valence-corrected chi connectivity index (χ1v) is 7.93. The Balaban J connectivity index is 2.01. The summed E-state index contributed by atoms with van der Waals surface area (Å²) < 4.78 is 5.71. The van der Waals surface area contributed by atoms with E-state index in [4.69, 9.17) is 16.3 Å². The molecule has 0 radical (unpaired) electrons. The van der Waals surface area contributed by atoms with Gasteiger partial charge >= 0.3 is 0 Å². The monoisotopic (exact) mass is 331 g/mol. The van der Waals surface area contributed by atoms with Crippen LogP contribution in [0.4, 0.5) is 5.69 Å². The molecule has 1 amide bonds. The van der Waals surface area contributed by atoms with E-state index < -0.39 is 0 Å². The van der Waals surface area contributed by atoms with E-state index in [2.05, 4.69) is 26.1 Å². The highest BCUT2D eigenvalue weighted by atomic mass is 35.5. The molecule has 0 unspecified atom stereocenters. The van der Waals surface area contributed by atoms with Crippen LogP contribution >= 0.6 is 11.6 Å². The fraction of sp³-hybridized carbons (Fsp3) is 0.316. The van der Waals surface area contributed by atoms with Gasteiger partial charge in [0.05, 0.1) is 0 Å². The first-order chi connectivity index (χ1) is 10.8. The zero-order chi connectivity index (χ0) is 17.0. The zero-order valence-electron chi connectivity index (χ0n) is 13.9. The molecule has 23 heavy (non-hydrogen) atoms. The Morgan fingerprint density at radius 3 is 2.52 bits per heavy atom. The van der Waals surface area contributed by atoms with Gasteiger partial charge in [0.15, 0.2) is 6.61 Å². The minimum Gasteiger partial charge on any atom is -0.483 e. The zero-order valence-corrected chi connectivity index (χ0v) is 14.7. The van der Waals surface area contributed by atoms with Gasteiger partial charge in [0.1, 0.15) is 5.75 Å². The number of anilines is 1. The van der Waals surface area contributed by atoms with Gasteiger partial charge in [0.2, 0.25) is 0 Å². The first kappa shape index (κ1) is 17.4. The third-order valence-electron chi connectivity index (χ3n) is 3.51. The Bertz CT molecular complexity index is 705. The minimum absolute atomic E-state index is 0.0431. The third kappa shape index (κ3) is 4.73. The maximum Gasteiger partial charge on any atom is 0.262 e. The van der Waals surface area contributed by atoms with Crippen LogP contribution in [-0.4, -0.2) is 12.5 Å². The number of benzene rings is 2. The number of amides is 1. The van der Waals surface area contributed by atoms with Gasteiger partial charge in [-0.15, -0.1) is 0 Å². The highest BCUT2D eigenvalue weighted by Crippen LogP contribution is 2.30. The van der Waals surface area contributed by atoms with Gasteiger partial charge in [-0.05, 0) is 41.7 Å². The van der Waals surface area contributed by atoms with Crippen LogP contribution in [0.25, 0.3) is 0 Å². The van der Waals surface area contributed by atoms with Crippen molar-refractivity contribution in [2.75, 3.05) is 11.9 Å². The topological polar surface area (TPSA) is 38.3 Å². The minimum atomic E-state index is -0.214. The molecule has 3 nitrogen and oxygen atoms in total. The van der Waals surface area contributed by atoms with Crippen molar-refractivity contribution in [1.82, 2.24) is 0 Å². The second-order valence-corrected chi connectivity index (χ2v) is 6.95. The summed E-state index contributed by atoms with van der Waals surface area (Å²) in [6.07, 6.45) is 0. The van der Waals surface area contributed by atoms with Crippen LogP contribution < -0.4 is 10.1 Å². The summed E-state index contributed by atoms with van der Waals surface area (Å²) in [5, 5.41) is 3.42. The molecule has 0 fully saturated rings. The summed E-state index contributed by atoms with van der Waals surface area (Å²) in [7, 11) is 0. The maximum atomic E-state index is 12.1. The number of rotatable bonds is 4. The Kier molecular flexibility index (Phi) is 5.32. The molecule has 0 aliphatic heterocycles. The molecule has 0 aliphatic carbocycles. The SMILES string of the molecule is Cc1ccc(NC(=O)COc2ccccc2C(C)(C)C)cc1Cl. The summed E-state index contributed by atoms with van der Waals surface area (Å²) in [6, 6.07) is 13.2. The van der Waals surface area contributed by atoms with Gasteiger partial charge in [-0.25, -0.2) is 0 Å². The molecule has 0 saturated carbocycles. The molecule has 122 valence electrons. The van der Waals surface area contributed by atoms with Gasteiger partial charge in [0, 0.05) is 10.7 Å². The van der Waals surface area contributed by atoms with Crippen molar-refractivity contribution in [3.05, 3.63) is 58.6 Å². The Labute approximate surface area is 142 Å². The molecule has 4 heteroatoms. The van der Waals surface area contributed by atoms with Crippen LogP contribution in [0.1, 0.15) is 31.9 Å². The molecular weight excluding hydrogens is 310 g/mol. The van der Waals surface area contributed by atoms with Crippen LogP contribution in [0.5, 0.6) is 5.75 Å². The number of aryl methyl sites for hydroxylation is 1. The van der Waals surface area contributed by atoms with Crippen LogP contribution in [0.3, 0.4) is 0 Å². The number of para-hydroxylation sites is 1. The van der Waals surface area contributed by atoms with Crippen molar-refractivity contribution in [3.63, 3.8) is 0 Å². The van der Waals surface area contributed by atoms with Crippen molar-refractivity contribution in [2.45, 2.75) is 33.1 Å². The van der Waals surface area contributed by atoms with Crippen molar-refractivity contribution in [2.24, 2.45) is 0 Å². The summed E-state index contributed by atoms with van der Waals surface area (Å²) in [4.78, 5) is 12.1. The van der Waals surface area contributed by atoms with Crippen molar-refractivity contribution in [1.29, 1.82) is 0 Å². The van der Waals surface area contributed by atoms with Crippen LogP contribution in [0, 0.1) is 6.92 Å². The number of hydrogen-bond donors (Lipinski definition) is 1. The predicted octanol–water partition coefficient (Wildman–Crippen LogP) is 4.96. The number of carbonyl (C=O) groups is 1. The van der Waals surface area contributed by atoms with Crippen LogP contribution in [0.2, 0.25) is 5.02 Å². The number of nitrogens with one attached hydrogen (secondary N) is 1. The average molecular weight is 332 g/mol. The molecule has 0 atom stereocenters. The number of ether oxygens (including phenoxy) is 1. The van der Waals surface area contributed by atoms with Gasteiger partial charge in [-0.1, -0.05) is 56.6 Å². The van der Waals surface area contributed by atoms with E-state index in [1.54, 1.807) is 6.07 Å². The summed E-state index contributed by atoms with van der Waals surface area (Å²) in [6.45, 7) is 8.22. The number of carbonyl (C=O) groups excluding carboxylic acids is 1. The fourth-order valence-corrected chi connectivity index (χ4v) is 2.40. The standard InChI is InChI=1S/C19H22ClNO2/c1-13-9-10-14(11-16(13)20)21-18(22)12-23-17-8-6-5-7-15(17)19(2,3)4/h5-11H,12H2,1-4H3,(H,21,22). The van der Waals surface area contributed by atoms with Crippen LogP contribution in [0.15, 0.2) is 42.5 Å². The highest BCUT2D eigenvalue weighted by Gasteiger charge is 2.18. The fourth-order valence-electron chi connectivity index (χ4n) is 2.22. The molecule has 0 heterocycles. The van der Waals surface area contributed by atoms with E-state index in [9.17, 15) is 4.79 Å². The molecule has 0 aromatic heterocycles. The lowest BCUT2D eigenvalue weighted by Crippen LogP contribution is -2.22. The largest absolute Gasteiger partial charge is 0.483 e. The van der Waals surface area contributed by atoms with E-state index in [0.29, 0.717) is 10.7 Å². The summed E-state index contributed by atoms with van der Waals surface area (Å²) in [5.74, 6) is 0.519. The van der Waals surface area contributed by atoms with Crippen molar-refractivity contribution >= 4 is 23.2 Å². The van der Waals surface area contributed by atoms with E-state index in [1.807, 2.05) is 43.3 Å². The van der Waals surface area contributed by atoms with E-state index in [-0.39, 0.29) is 17.9 Å². The number of hydrogen-bond acceptors (Lipinski definition) is 2. The molecule has 0 aliphatic rings. The van der Waals surface area contributed by atoms with E-state index in [1.165, 1.54) is 0 Å². The van der Waals surface area contributed by atoms with Gasteiger partial charge in [-0.3, -0.25) is 4.79 Å². The highest BCUT2D eigenvalue weighted by molar-refractivity contribution is 6.31. The van der Waals surface area contributed by atoms with Gasteiger partial charge < -0.3 is 10.1 Å². The van der Waals surface area contributed by atoms with Crippen molar-refractivity contribution < 1.29 is 9.53 Å².